The number of carbonyl (C=O) groups is 1. The number of hydrogen-bond donors (Lipinski definition) is 2. The van der Waals surface area contributed by atoms with Crippen LogP contribution in [0, 0.1) is 5.92 Å². The van der Waals surface area contributed by atoms with Crippen molar-refractivity contribution in [2.75, 3.05) is 13.6 Å². The van der Waals surface area contributed by atoms with Gasteiger partial charge in [0.2, 0.25) is 0 Å². The highest BCUT2D eigenvalue weighted by atomic mass is 32.2. The highest BCUT2D eigenvalue weighted by Gasteiger charge is 2.27. The minimum atomic E-state index is -3.47. The first-order chi connectivity index (χ1) is 9.38. The average Bonchev–Trinajstić information content (AvgIpc) is 3.21. The largest absolute Gasteiger partial charge is 0.478 e. The van der Waals surface area contributed by atoms with Crippen molar-refractivity contribution in [1.29, 1.82) is 0 Å². The lowest BCUT2D eigenvalue weighted by atomic mass is 10.1. The molecule has 0 aromatic heterocycles. The second-order valence-corrected chi connectivity index (χ2v) is 6.91. The minimum absolute atomic E-state index is 0.150. The molecule has 7 heteroatoms. The molecule has 0 bridgehead atoms. The number of benzene rings is 1. The van der Waals surface area contributed by atoms with Crippen LogP contribution >= 0.6 is 0 Å². The van der Waals surface area contributed by atoms with Crippen molar-refractivity contribution in [3.8, 4) is 0 Å². The quantitative estimate of drug-likeness (QED) is 0.788. The number of hydrogen-bond acceptors (Lipinski definition) is 3. The van der Waals surface area contributed by atoms with Gasteiger partial charge in [-0.1, -0.05) is 12.1 Å². The highest BCUT2D eigenvalue weighted by Crippen LogP contribution is 2.29. The van der Waals surface area contributed by atoms with Gasteiger partial charge in [-0.3, -0.25) is 0 Å². The van der Waals surface area contributed by atoms with Gasteiger partial charge in [-0.25, -0.2) is 4.79 Å². The molecule has 110 valence electrons. The first kappa shape index (κ1) is 15.0. The van der Waals surface area contributed by atoms with Crippen molar-refractivity contribution in [1.82, 2.24) is 9.03 Å². The molecule has 0 aliphatic heterocycles. The number of carboxylic acids is 1. The molecule has 1 aliphatic rings. The zero-order valence-corrected chi connectivity index (χ0v) is 12.1. The molecule has 2 N–H and O–H groups in total. The summed E-state index contributed by atoms with van der Waals surface area (Å²) in [6, 6.07) is 6.12. The van der Waals surface area contributed by atoms with E-state index >= 15 is 0 Å². The summed E-state index contributed by atoms with van der Waals surface area (Å²) in [5.41, 5.74) is 0.904. The van der Waals surface area contributed by atoms with Crippen LogP contribution in [0.2, 0.25) is 0 Å². The van der Waals surface area contributed by atoms with Gasteiger partial charge in [-0.15, -0.1) is 0 Å². The van der Waals surface area contributed by atoms with E-state index in [0.717, 1.165) is 18.4 Å². The molecule has 6 nitrogen and oxygen atoms in total. The molecule has 1 saturated carbocycles. The van der Waals surface area contributed by atoms with Crippen LogP contribution < -0.4 is 4.72 Å². The summed E-state index contributed by atoms with van der Waals surface area (Å²) in [4.78, 5) is 10.7. The molecule has 1 aliphatic carbocycles. The topological polar surface area (TPSA) is 86.7 Å². The summed E-state index contributed by atoms with van der Waals surface area (Å²) < 4.78 is 27.8. The Morgan fingerprint density at radius 3 is 2.45 bits per heavy atom. The van der Waals surface area contributed by atoms with Gasteiger partial charge in [0.1, 0.15) is 0 Å². The lowest BCUT2D eigenvalue weighted by Crippen LogP contribution is -2.38. The zero-order valence-electron chi connectivity index (χ0n) is 11.2. The fourth-order valence-corrected chi connectivity index (χ4v) is 2.79. The highest BCUT2D eigenvalue weighted by molar-refractivity contribution is 7.87. The third kappa shape index (κ3) is 4.03. The van der Waals surface area contributed by atoms with E-state index in [0.29, 0.717) is 12.5 Å². The Morgan fingerprint density at radius 2 is 1.95 bits per heavy atom. The molecule has 1 aromatic rings. The predicted octanol–water partition coefficient (Wildman–Crippen LogP) is 1.06. The molecular formula is C13H18N2O4S. The van der Waals surface area contributed by atoms with E-state index < -0.39 is 16.2 Å². The van der Waals surface area contributed by atoms with Crippen LogP contribution in [0.15, 0.2) is 24.3 Å². The van der Waals surface area contributed by atoms with E-state index in [1.165, 1.54) is 16.4 Å². The lowest BCUT2D eigenvalue weighted by Gasteiger charge is -2.17. The van der Waals surface area contributed by atoms with Crippen molar-refractivity contribution >= 4 is 16.2 Å². The fraction of sp³-hybridized carbons (Fsp3) is 0.462. The number of rotatable bonds is 7. The lowest BCUT2D eigenvalue weighted by molar-refractivity contribution is 0.0697. The van der Waals surface area contributed by atoms with Crippen molar-refractivity contribution < 1.29 is 18.3 Å². The maximum Gasteiger partial charge on any atom is 0.335 e. The standard InChI is InChI=1S/C13H18N2O4S/c1-15(9-11-2-3-11)20(18,19)14-8-10-4-6-12(7-5-10)13(16)17/h4-7,11,14H,2-3,8-9H2,1H3,(H,16,17). The summed E-state index contributed by atoms with van der Waals surface area (Å²) in [5.74, 6) is -0.507. The van der Waals surface area contributed by atoms with E-state index in [1.807, 2.05) is 0 Å². The maximum atomic E-state index is 12.0. The van der Waals surface area contributed by atoms with Gasteiger partial charge >= 0.3 is 5.97 Å². The third-order valence-corrected chi connectivity index (χ3v) is 4.76. The average molecular weight is 298 g/mol. The van der Waals surface area contributed by atoms with Crippen LogP contribution in [0.5, 0.6) is 0 Å². The Balaban J connectivity index is 1.91. The smallest absolute Gasteiger partial charge is 0.335 e. The van der Waals surface area contributed by atoms with Crippen LogP contribution in [0.1, 0.15) is 28.8 Å². The zero-order chi connectivity index (χ0) is 14.8. The van der Waals surface area contributed by atoms with E-state index in [4.69, 9.17) is 5.11 Å². The summed E-state index contributed by atoms with van der Waals surface area (Å²) in [6.07, 6.45) is 2.19. The summed E-state index contributed by atoms with van der Waals surface area (Å²) >= 11 is 0. The van der Waals surface area contributed by atoms with Gasteiger partial charge in [0, 0.05) is 20.1 Å². The van der Waals surface area contributed by atoms with E-state index in [1.54, 1.807) is 19.2 Å². The van der Waals surface area contributed by atoms with Crippen molar-refractivity contribution in [3.63, 3.8) is 0 Å². The fourth-order valence-electron chi connectivity index (χ4n) is 1.81. The van der Waals surface area contributed by atoms with E-state index in [-0.39, 0.29) is 12.1 Å². The first-order valence-electron chi connectivity index (χ1n) is 6.41. The molecule has 20 heavy (non-hydrogen) atoms. The van der Waals surface area contributed by atoms with Crippen LogP contribution in [-0.2, 0) is 16.8 Å². The Labute approximate surface area is 118 Å². The van der Waals surface area contributed by atoms with Gasteiger partial charge in [0.15, 0.2) is 0 Å². The molecule has 1 fully saturated rings. The summed E-state index contributed by atoms with van der Waals surface area (Å²) in [5, 5.41) is 8.78. The molecule has 1 aromatic carbocycles. The Bertz CT molecular complexity index is 579. The van der Waals surface area contributed by atoms with Gasteiger partial charge in [0.25, 0.3) is 10.2 Å². The summed E-state index contributed by atoms with van der Waals surface area (Å²) in [6.45, 7) is 0.699. The molecule has 0 atom stereocenters. The second kappa shape index (κ2) is 5.90. The van der Waals surface area contributed by atoms with Gasteiger partial charge < -0.3 is 5.11 Å². The van der Waals surface area contributed by atoms with Gasteiger partial charge in [-0.2, -0.15) is 17.4 Å². The molecule has 2 rings (SSSR count). The molecule has 0 radical (unpaired) electrons. The Hall–Kier alpha value is -1.44. The van der Waals surface area contributed by atoms with Gasteiger partial charge in [-0.05, 0) is 36.5 Å². The van der Waals surface area contributed by atoms with Crippen LogP contribution in [0.25, 0.3) is 0 Å². The van der Waals surface area contributed by atoms with Crippen molar-refractivity contribution in [3.05, 3.63) is 35.4 Å². The molecule has 0 amide bonds. The molecule has 0 spiro atoms. The van der Waals surface area contributed by atoms with Crippen LogP contribution in [0.4, 0.5) is 0 Å². The summed E-state index contributed by atoms with van der Waals surface area (Å²) in [7, 11) is -1.91. The molecule has 0 heterocycles. The van der Waals surface area contributed by atoms with Crippen LogP contribution in [-0.4, -0.2) is 37.4 Å². The van der Waals surface area contributed by atoms with Gasteiger partial charge in [0.05, 0.1) is 5.56 Å². The van der Waals surface area contributed by atoms with Crippen molar-refractivity contribution in [2.24, 2.45) is 5.92 Å². The molecular weight excluding hydrogens is 280 g/mol. The monoisotopic (exact) mass is 298 g/mol. The third-order valence-electron chi connectivity index (χ3n) is 3.28. The van der Waals surface area contributed by atoms with E-state index in [9.17, 15) is 13.2 Å². The van der Waals surface area contributed by atoms with E-state index in [2.05, 4.69) is 4.72 Å². The normalized spacial score (nSPS) is 15.5. The Morgan fingerprint density at radius 1 is 1.35 bits per heavy atom. The molecule has 0 unspecified atom stereocenters. The van der Waals surface area contributed by atoms with Crippen molar-refractivity contribution in [2.45, 2.75) is 19.4 Å². The SMILES string of the molecule is CN(CC1CC1)S(=O)(=O)NCc1ccc(C(=O)O)cc1. The first-order valence-corrected chi connectivity index (χ1v) is 7.85. The second-order valence-electron chi connectivity index (χ2n) is 5.05. The number of nitrogens with one attached hydrogen (secondary N) is 1. The van der Waals surface area contributed by atoms with Crippen LogP contribution in [0.3, 0.4) is 0 Å². The number of carboxylic acid groups (broad SMARTS) is 1. The maximum absolute atomic E-state index is 12.0. The number of nitrogens with zero attached hydrogens (tertiary/aromatic N) is 1. The molecule has 0 saturated heterocycles. The Kier molecular flexibility index (Phi) is 4.42. The predicted molar refractivity (Wildman–Crippen MR) is 74.5 cm³/mol. The minimum Gasteiger partial charge on any atom is -0.478 e. The number of aromatic carboxylic acids is 1.